The number of hydrogen-bond acceptors (Lipinski definition) is 5. The van der Waals surface area contributed by atoms with E-state index in [-0.39, 0.29) is 11.3 Å². The molecule has 154 valence electrons. The molecule has 0 amide bonds. The molecular formula is C23H18N4O4. The van der Waals surface area contributed by atoms with Crippen molar-refractivity contribution in [3.05, 3.63) is 106 Å². The molecule has 0 unspecified atom stereocenters. The first kappa shape index (κ1) is 19.8. The molecule has 0 radical (unpaired) electrons. The molecule has 31 heavy (non-hydrogen) atoms. The van der Waals surface area contributed by atoms with Crippen molar-refractivity contribution in [2.45, 2.75) is 6.54 Å². The third kappa shape index (κ3) is 4.43. The van der Waals surface area contributed by atoms with Gasteiger partial charge in [-0.05, 0) is 35.9 Å². The number of hydrogen-bond donors (Lipinski definition) is 2. The summed E-state index contributed by atoms with van der Waals surface area (Å²) in [7, 11) is 0. The molecular weight excluding hydrogens is 396 g/mol. The van der Waals surface area contributed by atoms with Crippen molar-refractivity contribution < 1.29 is 14.8 Å². The maximum Gasteiger partial charge on any atom is 0.335 e. The van der Waals surface area contributed by atoms with Crippen LogP contribution in [0, 0.1) is 10.1 Å². The van der Waals surface area contributed by atoms with Crippen molar-refractivity contribution in [3.8, 4) is 0 Å². The number of benzene rings is 3. The SMILES string of the molecule is O=C(O)c1cccc(Cn2cc(/C=N/Nc3ccc([N+](=O)[O-])cc3)c3ccccc32)c1. The van der Waals surface area contributed by atoms with Crippen molar-refractivity contribution in [2.24, 2.45) is 5.10 Å². The average molecular weight is 414 g/mol. The zero-order valence-electron chi connectivity index (χ0n) is 16.3. The van der Waals surface area contributed by atoms with Gasteiger partial charge in [0.1, 0.15) is 0 Å². The molecule has 8 nitrogen and oxygen atoms in total. The van der Waals surface area contributed by atoms with Gasteiger partial charge in [0, 0.05) is 41.3 Å². The number of nitro groups is 1. The van der Waals surface area contributed by atoms with Crippen LogP contribution in [0.1, 0.15) is 21.5 Å². The number of anilines is 1. The van der Waals surface area contributed by atoms with Crippen LogP contribution in [0.5, 0.6) is 0 Å². The van der Waals surface area contributed by atoms with E-state index in [2.05, 4.69) is 10.5 Å². The second kappa shape index (κ2) is 8.50. The molecule has 0 saturated heterocycles. The number of nitro benzene ring substituents is 1. The molecule has 4 aromatic rings. The van der Waals surface area contributed by atoms with Gasteiger partial charge >= 0.3 is 5.97 Å². The van der Waals surface area contributed by atoms with Crippen molar-refractivity contribution >= 4 is 34.5 Å². The molecule has 0 saturated carbocycles. The smallest absolute Gasteiger partial charge is 0.335 e. The fourth-order valence-electron chi connectivity index (χ4n) is 3.34. The van der Waals surface area contributed by atoms with Crippen molar-refractivity contribution in [1.82, 2.24) is 4.57 Å². The summed E-state index contributed by atoms with van der Waals surface area (Å²) in [5.74, 6) is -0.954. The Kier molecular flexibility index (Phi) is 5.44. The van der Waals surface area contributed by atoms with Crippen LogP contribution in [-0.2, 0) is 6.54 Å². The summed E-state index contributed by atoms with van der Waals surface area (Å²) < 4.78 is 2.05. The van der Waals surface area contributed by atoms with Crippen LogP contribution in [0.2, 0.25) is 0 Å². The summed E-state index contributed by atoms with van der Waals surface area (Å²) in [4.78, 5) is 21.5. The maximum absolute atomic E-state index is 11.2. The topological polar surface area (TPSA) is 110 Å². The first-order valence-electron chi connectivity index (χ1n) is 9.45. The highest BCUT2D eigenvalue weighted by atomic mass is 16.6. The lowest BCUT2D eigenvalue weighted by Crippen LogP contribution is -2.01. The number of non-ortho nitro benzene ring substituents is 1. The highest BCUT2D eigenvalue weighted by Gasteiger charge is 2.09. The summed E-state index contributed by atoms with van der Waals surface area (Å²) in [5, 5.41) is 25.2. The van der Waals surface area contributed by atoms with E-state index in [0.717, 1.165) is 22.0 Å². The third-order valence-electron chi connectivity index (χ3n) is 4.82. The Morgan fingerprint density at radius 2 is 1.87 bits per heavy atom. The molecule has 8 heteroatoms. The Morgan fingerprint density at radius 3 is 2.61 bits per heavy atom. The molecule has 0 fully saturated rings. The molecule has 0 spiro atoms. The minimum Gasteiger partial charge on any atom is -0.478 e. The number of nitrogens with zero attached hydrogens (tertiary/aromatic N) is 3. The molecule has 3 aromatic carbocycles. The molecule has 0 atom stereocenters. The Morgan fingerprint density at radius 1 is 1.10 bits per heavy atom. The van der Waals surface area contributed by atoms with Gasteiger partial charge in [0.2, 0.25) is 0 Å². The van der Waals surface area contributed by atoms with Crippen LogP contribution < -0.4 is 5.43 Å². The summed E-state index contributed by atoms with van der Waals surface area (Å²) >= 11 is 0. The average Bonchev–Trinajstić information content (AvgIpc) is 3.12. The lowest BCUT2D eigenvalue weighted by molar-refractivity contribution is -0.384. The number of carboxylic acids is 1. The molecule has 0 aliphatic heterocycles. The lowest BCUT2D eigenvalue weighted by atomic mass is 10.1. The van der Waals surface area contributed by atoms with E-state index in [4.69, 9.17) is 0 Å². The standard InChI is InChI=1S/C23H18N4O4/c28-23(29)17-5-3-4-16(12-17)14-26-15-18(21-6-1-2-7-22(21)26)13-24-25-19-8-10-20(11-9-19)27(30)31/h1-13,15,25H,14H2,(H,28,29)/b24-13+. The van der Waals surface area contributed by atoms with Crippen LogP contribution in [0.25, 0.3) is 10.9 Å². The lowest BCUT2D eigenvalue weighted by Gasteiger charge is -2.06. The summed E-state index contributed by atoms with van der Waals surface area (Å²) in [6, 6.07) is 20.8. The minimum atomic E-state index is -0.954. The second-order valence-electron chi connectivity index (χ2n) is 6.91. The van der Waals surface area contributed by atoms with Gasteiger partial charge in [-0.1, -0.05) is 30.3 Å². The van der Waals surface area contributed by atoms with Gasteiger partial charge in [-0.15, -0.1) is 0 Å². The molecule has 0 aliphatic rings. The monoisotopic (exact) mass is 414 g/mol. The summed E-state index contributed by atoms with van der Waals surface area (Å²) in [6.45, 7) is 0.519. The van der Waals surface area contributed by atoms with E-state index in [0.29, 0.717) is 12.2 Å². The Balaban J connectivity index is 1.57. The molecule has 2 N–H and O–H groups in total. The number of aromatic carboxylic acids is 1. The molecule has 4 rings (SSSR count). The Labute approximate surface area is 177 Å². The fraction of sp³-hybridized carbons (Fsp3) is 0.0435. The molecule has 0 aliphatic carbocycles. The number of para-hydroxylation sites is 1. The number of rotatable bonds is 7. The number of carboxylic acid groups (broad SMARTS) is 1. The molecule has 1 heterocycles. The van der Waals surface area contributed by atoms with Crippen molar-refractivity contribution in [1.29, 1.82) is 0 Å². The second-order valence-corrected chi connectivity index (χ2v) is 6.91. The minimum absolute atomic E-state index is 0.0181. The Bertz CT molecular complexity index is 1290. The van der Waals surface area contributed by atoms with Crippen LogP contribution in [0.3, 0.4) is 0 Å². The van der Waals surface area contributed by atoms with Crippen LogP contribution in [-0.4, -0.2) is 26.8 Å². The fourth-order valence-corrected chi connectivity index (χ4v) is 3.34. The van der Waals surface area contributed by atoms with Gasteiger partial charge in [0.15, 0.2) is 0 Å². The quantitative estimate of drug-likeness (QED) is 0.258. The van der Waals surface area contributed by atoms with Gasteiger partial charge in [-0.3, -0.25) is 15.5 Å². The zero-order valence-corrected chi connectivity index (χ0v) is 16.3. The number of hydrazone groups is 1. The number of aromatic nitrogens is 1. The highest BCUT2D eigenvalue weighted by Crippen LogP contribution is 2.22. The van der Waals surface area contributed by atoms with Crippen LogP contribution in [0.15, 0.2) is 84.1 Å². The third-order valence-corrected chi connectivity index (χ3v) is 4.82. The predicted octanol–water partition coefficient (Wildman–Crippen LogP) is 4.74. The van der Waals surface area contributed by atoms with E-state index < -0.39 is 10.9 Å². The Hall–Kier alpha value is -4.46. The largest absolute Gasteiger partial charge is 0.478 e. The summed E-state index contributed by atoms with van der Waals surface area (Å²) in [6.07, 6.45) is 3.65. The van der Waals surface area contributed by atoms with Crippen molar-refractivity contribution in [2.75, 3.05) is 5.43 Å². The van der Waals surface area contributed by atoms with E-state index >= 15 is 0 Å². The van der Waals surface area contributed by atoms with E-state index in [1.54, 1.807) is 36.5 Å². The molecule has 1 aromatic heterocycles. The van der Waals surface area contributed by atoms with Crippen molar-refractivity contribution in [3.63, 3.8) is 0 Å². The number of carbonyl (C=O) groups is 1. The van der Waals surface area contributed by atoms with Crippen LogP contribution >= 0.6 is 0 Å². The summed E-state index contributed by atoms with van der Waals surface area (Å²) in [5.41, 5.74) is 6.55. The van der Waals surface area contributed by atoms with Gasteiger partial charge in [-0.25, -0.2) is 4.79 Å². The van der Waals surface area contributed by atoms with Crippen LogP contribution in [0.4, 0.5) is 11.4 Å². The highest BCUT2D eigenvalue weighted by molar-refractivity contribution is 5.99. The number of nitrogens with one attached hydrogen (secondary N) is 1. The molecule has 0 bridgehead atoms. The zero-order chi connectivity index (χ0) is 21.8. The maximum atomic E-state index is 11.2. The van der Waals surface area contributed by atoms with Gasteiger partial charge in [0.25, 0.3) is 5.69 Å². The van der Waals surface area contributed by atoms with Gasteiger partial charge < -0.3 is 9.67 Å². The predicted molar refractivity (Wildman–Crippen MR) is 119 cm³/mol. The normalized spacial score (nSPS) is 11.1. The van der Waals surface area contributed by atoms with E-state index in [1.807, 2.05) is 41.1 Å². The first-order valence-corrected chi connectivity index (χ1v) is 9.45. The van der Waals surface area contributed by atoms with E-state index in [9.17, 15) is 20.0 Å². The van der Waals surface area contributed by atoms with E-state index in [1.165, 1.54) is 12.1 Å². The first-order chi connectivity index (χ1) is 15.0. The van der Waals surface area contributed by atoms with Gasteiger partial charge in [-0.2, -0.15) is 5.10 Å². The van der Waals surface area contributed by atoms with Gasteiger partial charge in [0.05, 0.1) is 22.4 Å². The number of fused-ring (bicyclic) bond motifs is 1.